The van der Waals surface area contributed by atoms with Crippen LogP contribution in [-0.2, 0) is 24.2 Å². The first kappa shape index (κ1) is 26.2. The lowest BCUT2D eigenvalue weighted by Crippen LogP contribution is -2.34. The number of ether oxygens (including phenoxy) is 3. The molecule has 200 valence electrons. The molecule has 0 bridgehead atoms. The number of carbonyl (C=O) groups excluding carboxylic acids is 2. The molecule has 3 heterocycles. The van der Waals surface area contributed by atoms with Crippen LogP contribution in [-0.4, -0.2) is 64.6 Å². The fourth-order valence-electron chi connectivity index (χ4n) is 4.65. The smallest absolute Gasteiger partial charge is 0.244 e. The molecule has 38 heavy (non-hydrogen) atoms. The maximum absolute atomic E-state index is 13.0. The molecule has 2 saturated heterocycles. The highest BCUT2D eigenvalue weighted by Crippen LogP contribution is 2.36. The number of likely N-dealkylation sites (tertiary alicyclic amines) is 1. The number of carbonyl (C=O) groups is 2. The molecule has 3 aromatic rings. The van der Waals surface area contributed by atoms with E-state index < -0.39 is 15.7 Å². The third-order valence-electron chi connectivity index (χ3n) is 6.63. The van der Waals surface area contributed by atoms with E-state index in [1.54, 1.807) is 30.7 Å². The molecule has 0 radical (unpaired) electrons. The number of thiophene rings is 1. The van der Waals surface area contributed by atoms with E-state index in [2.05, 4.69) is 5.32 Å². The summed E-state index contributed by atoms with van der Waals surface area (Å²) in [6.07, 6.45) is 1.02. The quantitative estimate of drug-likeness (QED) is 0.428. The Hall–Kier alpha value is -3.41. The van der Waals surface area contributed by atoms with Crippen LogP contribution in [0, 0.1) is 0 Å². The summed E-state index contributed by atoms with van der Waals surface area (Å²) >= 11 is 1.18. The minimum absolute atomic E-state index is 0.0334. The Morgan fingerprint density at radius 1 is 1.16 bits per heavy atom. The van der Waals surface area contributed by atoms with E-state index in [0.717, 1.165) is 12.0 Å². The van der Waals surface area contributed by atoms with Crippen molar-refractivity contribution in [3.63, 3.8) is 0 Å². The van der Waals surface area contributed by atoms with Crippen LogP contribution in [0.5, 0.6) is 11.5 Å². The van der Waals surface area contributed by atoms with Gasteiger partial charge in [0.05, 0.1) is 37.5 Å². The number of sulfone groups is 1. The highest BCUT2D eigenvalue weighted by molar-refractivity contribution is 7.91. The summed E-state index contributed by atoms with van der Waals surface area (Å²) < 4.78 is 43.0. The standard InChI is InChI=1S/C27H28N2O7S2/c1-34-23-8-7-18(11-24(23)36-20-9-10-35-15-20)19-12-27(31)29(13-19)14-26(30)28-22-16-37-17-25(22)38(32,33)21-5-3-2-4-6-21/h2-8,11,16-17,19-20H,9-10,12-15H2,1H3,(H,28,30)/t19-,20-/m1/s1. The van der Waals surface area contributed by atoms with E-state index in [4.69, 9.17) is 14.2 Å². The van der Waals surface area contributed by atoms with Crippen LogP contribution in [0.2, 0.25) is 0 Å². The highest BCUT2D eigenvalue weighted by atomic mass is 32.2. The normalized spacial score (nSPS) is 19.5. The number of rotatable bonds is 9. The van der Waals surface area contributed by atoms with E-state index in [-0.39, 0.29) is 46.4 Å². The average molecular weight is 557 g/mol. The molecule has 9 nitrogen and oxygen atoms in total. The van der Waals surface area contributed by atoms with Gasteiger partial charge in [0.1, 0.15) is 11.0 Å². The Bertz CT molecular complexity index is 1420. The molecular weight excluding hydrogens is 528 g/mol. The van der Waals surface area contributed by atoms with Crippen molar-refractivity contribution in [2.45, 2.75) is 34.7 Å². The molecule has 2 aromatic carbocycles. The molecule has 5 rings (SSSR count). The van der Waals surface area contributed by atoms with E-state index in [0.29, 0.717) is 31.3 Å². The van der Waals surface area contributed by atoms with E-state index >= 15 is 0 Å². The number of nitrogens with zero attached hydrogens (tertiary/aromatic N) is 1. The predicted octanol–water partition coefficient (Wildman–Crippen LogP) is 3.71. The zero-order valence-electron chi connectivity index (χ0n) is 20.8. The van der Waals surface area contributed by atoms with E-state index in [1.165, 1.54) is 33.7 Å². The fraction of sp³-hybridized carbons (Fsp3) is 0.333. The summed E-state index contributed by atoms with van der Waals surface area (Å²) in [5.41, 5.74) is 1.13. The summed E-state index contributed by atoms with van der Waals surface area (Å²) in [5.74, 6) is 0.502. The van der Waals surface area contributed by atoms with E-state index in [9.17, 15) is 18.0 Å². The van der Waals surface area contributed by atoms with Gasteiger partial charge in [-0.15, -0.1) is 11.3 Å². The zero-order valence-corrected chi connectivity index (χ0v) is 22.4. The lowest BCUT2D eigenvalue weighted by molar-refractivity contribution is -0.131. The SMILES string of the molecule is COc1ccc([C@@H]2CC(=O)N(CC(=O)Nc3cscc3S(=O)(=O)c3ccccc3)C2)cc1O[C@@H]1CCOC1. The first-order chi connectivity index (χ1) is 18.3. The Labute approximate surface area is 225 Å². The number of methoxy groups -OCH3 is 1. The van der Waals surface area contributed by atoms with Crippen molar-refractivity contribution in [2.24, 2.45) is 0 Å². The number of benzene rings is 2. The summed E-state index contributed by atoms with van der Waals surface area (Å²) in [6, 6.07) is 13.7. The molecule has 11 heteroatoms. The Morgan fingerprint density at radius 3 is 2.71 bits per heavy atom. The van der Waals surface area contributed by atoms with Crippen molar-refractivity contribution in [3.05, 3.63) is 64.9 Å². The molecule has 0 unspecified atom stereocenters. The van der Waals surface area contributed by atoms with Gasteiger partial charge in [-0.25, -0.2) is 8.42 Å². The van der Waals surface area contributed by atoms with Crippen molar-refractivity contribution in [2.75, 3.05) is 38.7 Å². The number of hydrogen-bond donors (Lipinski definition) is 1. The second-order valence-corrected chi connectivity index (χ2v) is 11.9. The van der Waals surface area contributed by atoms with Gasteiger partial charge in [0, 0.05) is 36.1 Å². The second-order valence-electron chi connectivity index (χ2n) is 9.20. The van der Waals surface area contributed by atoms with Gasteiger partial charge in [-0.1, -0.05) is 24.3 Å². The van der Waals surface area contributed by atoms with Gasteiger partial charge >= 0.3 is 0 Å². The first-order valence-corrected chi connectivity index (χ1v) is 14.6. The molecule has 0 spiro atoms. The van der Waals surface area contributed by atoms with Gasteiger partial charge in [-0.2, -0.15) is 0 Å². The summed E-state index contributed by atoms with van der Waals surface area (Å²) in [6.45, 7) is 1.38. The molecule has 2 fully saturated rings. The molecule has 2 aliphatic heterocycles. The molecule has 0 aliphatic carbocycles. The second kappa shape index (κ2) is 11.1. The summed E-state index contributed by atoms with van der Waals surface area (Å²) in [7, 11) is -2.21. The van der Waals surface area contributed by atoms with Crippen LogP contribution in [0.3, 0.4) is 0 Å². The van der Waals surface area contributed by atoms with Gasteiger partial charge in [0.15, 0.2) is 11.5 Å². The molecular formula is C27H28N2O7S2. The third kappa shape index (κ3) is 5.54. The average Bonchev–Trinajstić information content (AvgIpc) is 3.67. The van der Waals surface area contributed by atoms with Gasteiger partial charge in [-0.05, 0) is 29.8 Å². The fourth-order valence-corrected chi connectivity index (χ4v) is 7.20. The number of nitrogens with one attached hydrogen (secondary N) is 1. The zero-order chi connectivity index (χ0) is 26.7. The van der Waals surface area contributed by atoms with Gasteiger partial charge in [-0.3, -0.25) is 9.59 Å². The maximum atomic E-state index is 13.0. The molecule has 1 aromatic heterocycles. The Balaban J connectivity index is 1.25. The lowest BCUT2D eigenvalue weighted by atomic mass is 9.98. The van der Waals surface area contributed by atoms with E-state index in [1.807, 2.05) is 18.2 Å². The van der Waals surface area contributed by atoms with Crippen molar-refractivity contribution >= 4 is 38.7 Å². The van der Waals surface area contributed by atoms with Crippen molar-refractivity contribution < 1.29 is 32.2 Å². The molecule has 0 saturated carbocycles. The van der Waals surface area contributed by atoms with Crippen LogP contribution in [0.1, 0.15) is 24.3 Å². The largest absolute Gasteiger partial charge is 0.493 e. The minimum atomic E-state index is -3.79. The highest BCUT2D eigenvalue weighted by Gasteiger charge is 2.33. The number of amides is 2. The molecule has 1 N–H and O–H groups in total. The van der Waals surface area contributed by atoms with Crippen LogP contribution in [0.25, 0.3) is 0 Å². The van der Waals surface area contributed by atoms with Crippen LogP contribution in [0.4, 0.5) is 5.69 Å². The lowest BCUT2D eigenvalue weighted by Gasteiger charge is -2.19. The van der Waals surface area contributed by atoms with Crippen molar-refractivity contribution in [3.8, 4) is 11.5 Å². The Morgan fingerprint density at radius 2 is 1.97 bits per heavy atom. The summed E-state index contributed by atoms with van der Waals surface area (Å²) in [4.78, 5) is 27.3. The molecule has 2 aliphatic rings. The number of hydrogen-bond acceptors (Lipinski definition) is 8. The molecule has 2 atom stereocenters. The predicted molar refractivity (Wildman–Crippen MR) is 142 cm³/mol. The Kier molecular flexibility index (Phi) is 7.68. The monoisotopic (exact) mass is 556 g/mol. The van der Waals surface area contributed by atoms with Crippen LogP contribution >= 0.6 is 11.3 Å². The van der Waals surface area contributed by atoms with Crippen molar-refractivity contribution in [1.29, 1.82) is 0 Å². The van der Waals surface area contributed by atoms with Crippen LogP contribution < -0.4 is 14.8 Å². The summed E-state index contributed by atoms with van der Waals surface area (Å²) in [5, 5.41) is 5.76. The molecule has 2 amide bonds. The number of anilines is 1. The first-order valence-electron chi connectivity index (χ1n) is 12.2. The van der Waals surface area contributed by atoms with Crippen molar-refractivity contribution in [1.82, 2.24) is 4.90 Å². The van der Waals surface area contributed by atoms with Gasteiger partial charge < -0.3 is 24.4 Å². The maximum Gasteiger partial charge on any atom is 0.244 e. The van der Waals surface area contributed by atoms with Gasteiger partial charge in [0.2, 0.25) is 21.7 Å². The topological polar surface area (TPSA) is 111 Å². The van der Waals surface area contributed by atoms with Crippen LogP contribution in [0.15, 0.2) is 69.1 Å². The third-order valence-corrected chi connectivity index (χ3v) is 9.34. The van der Waals surface area contributed by atoms with Gasteiger partial charge in [0.25, 0.3) is 0 Å². The minimum Gasteiger partial charge on any atom is -0.493 e.